The van der Waals surface area contributed by atoms with Crippen molar-refractivity contribution in [3.63, 3.8) is 0 Å². The van der Waals surface area contributed by atoms with Crippen LogP contribution in [0.2, 0.25) is 0 Å². The highest BCUT2D eigenvalue weighted by atomic mass is 32.2. The normalized spacial score (nSPS) is 14.6. The Labute approximate surface area is 145 Å². The molecule has 0 fully saturated rings. The molecule has 0 aliphatic heterocycles. The molecule has 1 aromatic heterocycles. The molecule has 0 saturated carbocycles. The number of rotatable bonds is 6. The number of fused-ring (bicyclic) bond motifs is 1. The van der Waals surface area contributed by atoms with Gasteiger partial charge in [-0.05, 0) is 23.1 Å². The third-order valence-electron chi connectivity index (χ3n) is 4.05. The Morgan fingerprint density at radius 2 is 1.75 bits per heavy atom. The first-order chi connectivity index (χ1) is 11.5. The van der Waals surface area contributed by atoms with Crippen LogP contribution in [0.1, 0.15) is 18.4 Å². The number of benzene rings is 2. The van der Waals surface area contributed by atoms with E-state index in [9.17, 15) is 13.5 Å². The summed E-state index contributed by atoms with van der Waals surface area (Å²) in [6.07, 6.45) is -0.795. The quantitative estimate of drug-likeness (QED) is 0.708. The van der Waals surface area contributed by atoms with E-state index in [1.54, 1.807) is 6.07 Å². The first-order valence-corrected chi connectivity index (χ1v) is 9.98. The lowest BCUT2D eigenvalue weighted by Gasteiger charge is -2.19. The van der Waals surface area contributed by atoms with E-state index < -0.39 is 16.1 Å². The van der Waals surface area contributed by atoms with E-state index in [2.05, 4.69) is 4.72 Å². The Hall–Kier alpha value is -1.73. The van der Waals surface area contributed by atoms with Crippen molar-refractivity contribution < 1.29 is 13.5 Å². The predicted molar refractivity (Wildman–Crippen MR) is 97.9 cm³/mol. The van der Waals surface area contributed by atoms with Crippen molar-refractivity contribution in [3.05, 3.63) is 66.2 Å². The number of hydrogen-bond acceptors (Lipinski definition) is 4. The molecule has 0 amide bonds. The monoisotopic (exact) mass is 361 g/mol. The van der Waals surface area contributed by atoms with Gasteiger partial charge in [0.05, 0.1) is 6.10 Å². The lowest BCUT2D eigenvalue weighted by molar-refractivity contribution is 0.153. The molecule has 24 heavy (non-hydrogen) atoms. The Morgan fingerprint density at radius 1 is 1.08 bits per heavy atom. The van der Waals surface area contributed by atoms with Crippen LogP contribution in [0.3, 0.4) is 0 Å². The Morgan fingerprint density at radius 3 is 2.46 bits per heavy atom. The number of sulfonamides is 1. The molecule has 2 atom stereocenters. The summed E-state index contributed by atoms with van der Waals surface area (Å²) in [7, 11) is -3.62. The van der Waals surface area contributed by atoms with Gasteiger partial charge in [0.15, 0.2) is 0 Å². The van der Waals surface area contributed by atoms with E-state index in [1.807, 2.05) is 61.5 Å². The van der Waals surface area contributed by atoms with Crippen molar-refractivity contribution in [1.29, 1.82) is 0 Å². The van der Waals surface area contributed by atoms with E-state index in [4.69, 9.17) is 0 Å². The van der Waals surface area contributed by atoms with E-state index in [0.29, 0.717) is 0 Å². The molecule has 2 unspecified atom stereocenters. The molecule has 3 aromatic rings. The summed E-state index contributed by atoms with van der Waals surface area (Å²) in [4.78, 5) is 0. The molecule has 4 nitrogen and oxygen atoms in total. The van der Waals surface area contributed by atoms with Crippen LogP contribution in [0, 0.1) is 0 Å². The molecule has 0 saturated heterocycles. The molecule has 2 N–H and O–H groups in total. The number of thiophene rings is 1. The van der Waals surface area contributed by atoms with Crippen molar-refractivity contribution in [2.24, 2.45) is 0 Å². The van der Waals surface area contributed by atoms with Crippen LogP contribution in [-0.2, 0) is 10.0 Å². The van der Waals surface area contributed by atoms with Gasteiger partial charge < -0.3 is 5.11 Å². The average Bonchev–Trinajstić information content (AvgIpc) is 3.05. The van der Waals surface area contributed by atoms with Gasteiger partial charge in [-0.25, -0.2) is 13.1 Å². The van der Waals surface area contributed by atoms with Crippen LogP contribution >= 0.6 is 11.3 Å². The van der Waals surface area contributed by atoms with Crippen molar-refractivity contribution in [3.8, 4) is 0 Å². The van der Waals surface area contributed by atoms with E-state index >= 15 is 0 Å². The number of nitrogens with one attached hydrogen (secondary N) is 1. The SMILES string of the molecule is CC(c1ccccc1)C(O)CNS(=O)(=O)c1cc2ccccc2s1. The predicted octanol–water partition coefficient (Wildman–Crippen LogP) is 3.34. The van der Waals surface area contributed by atoms with Crippen molar-refractivity contribution in [2.75, 3.05) is 6.54 Å². The fraction of sp³-hybridized carbons (Fsp3) is 0.222. The largest absolute Gasteiger partial charge is 0.391 e. The maximum Gasteiger partial charge on any atom is 0.250 e. The number of hydrogen-bond donors (Lipinski definition) is 2. The highest BCUT2D eigenvalue weighted by molar-refractivity contribution is 7.91. The molecule has 0 aliphatic carbocycles. The summed E-state index contributed by atoms with van der Waals surface area (Å²) < 4.78 is 28.6. The molecule has 2 aromatic carbocycles. The van der Waals surface area contributed by atoms with Gasteiger partial charge in [0, 0.05) is 17.2 Å². The van der Waals surface area contributed by atoms with Crippen LogP contribution in [0.4, 0.5) is 0 Å². The first-order valence-electron chi connectivity index (χ1n) is 7.68. The molecule has 0 bridgehead atoms. The third kappa shape index (κ3) is 3.67. The summed E-state index contributed by atoms with van der Waals surface area (Å²) in [5.41, 5.74) is 0.978. The molecule has 3 rings (SSSR count). The summed E-state index contributed by atoms with van der Waals surface area (Å²) in [6, 6.07) is 18.8. The first kappa shape index (κ1) is 17.1. The van der Waals surface area contributed by atoms with E-state index in [-0.39, 0.29) is 16.7 Å². The van der Waals surface area contributed by atoms with Gasteiger partial charge in [0.25, 0.3) is 0 Å². The van der Waals surface area contributed by atoms with Crippen LogP contribution < -0.4 is 4.72 Å². The minimum atomic E-state index is -3.62. The maximum absolute atomic E-state index is 12.5. The molecular formula is C18H19NO3S2. The minimum absolute atomic E-state index is 0.0212. The number of aliphatic hydroxyl groups is 1. The second-order valence-electron chi connectivity index (χ2n) is 5.72. The molecule has 126 valence electrons. The zero-order chi connectivity index (χ0) is 17.2. The van der Waals surface area contributed by atoms with Gasteiger partial charge in [-0.3, -0.25) is 0 Å². The molecule has 6 heteroatoms. The second-order valence-corrected chi connectivity index (χ2v) is 8.80. The number of aliphatic hydroxyl groups excluding tert-OH is 1. The van der Waals surface area contributed by atoms with Crippen LogP contribution in [0.15, 0.2) is 64.9 Å². The molecule has 0 radical (unpaired) electrons. The van der Waals surface area contributed by atoms with Crippen molar-refractivity contribution >= 4 is 31.4 Å². The molecule has 1 heterocycles. The fourth-order valence-electron chi connectivity index (χ4n) is 2.51. The van der Waals surface area contributed by atoms with E-state index in [0.717, 1.165) is 15.6 Å². The highest BCUT2D eigenvalue weighted by Crippen LogP contribution is 2.28. The zero-order valence-corrected chi connectivity index (χ0v) is 14.8. The van der Waals surface area contributed by atoms with Crippen LogP contribution in [0.5, 0.6) is 0 Å². The lowest BCUT2D eigenvalue weighted by atomic mass is 9.96. The van der Waals surface area contributed by atoms with Gasteiger partial charge in [0.2, 0.25) is 10.0 Å². The molecule has 0 spiro atoms. The Kier molecular flexibility index (Phi) is 5.01. The molecular weight excluding hydrogens is 342 g/mol. The highest BCUT2D eigenvalue weighted by Gasteiger charge is 2.22. The van der Waals surface area contributed by atoms with Crippen LogP contribution in [0.25, 0.3) is 10.1 Å². The van der Waals surface area contributed by atoms with Crippen molar-refractivity contribution in [2.45, 2.75) is 23.2 Å². The fourth-order valence-corrected chi connectivity index (χ4v) is 5.01. The van der Waals surface area contributed by atoms with Gasteiger partial charge in [-0.2, -0.15) is 0 Å². The maximum atomic E-state index is 12.5. The summed E-state index contributed by atoms with van der Waals surface area (Å²) in [5, 5.41) is 11.2. The zero-order valence-electron chi connectivity index (χ0n) is 13.2. The smallest absolute Gasteiger partial charge is 0.250 e. The standard InChI is InChI=1S/C18H19NO3S2/c1-13(14-7-3-2-4-8-14)16(20)12-19-24(21,22)18-11-15-9-5-6-10-17(15)23-18/h2-11,13,16,19-20H,12H2,1H3. The van der Waals surface area contributed by atoms with E-state index in [1.165, 1.54) is 11.3 Å². The van der Waals surface area contributed by atoms with Gasteiger partial charge in [-0.1, -0.05) is 55.5 Å². The lowest BCUT2D eigenvalue weighted by Crippen LogP contribution is -2.34. The van der Waals surface area contributed by atoms with Gasteiger partial charge in [-0.15, -0.1) is 11.3 Å². The molecule has 0 aliphatic rings. The minimum Gasteiger partial charge on any atom is -0.391 e. The van der Waals surface area contributed by atoms with Crippen LogP contribution in [-0.4, -0.2) is 26.2 Å². The Balaban J connectivity index is 1.70. The second kappa shape index (κ2) is 7.03. The summed E-state index contributed by atoms with van der Waals surface area (Å²) >= 11 is 1.23. The average molecular weight is 361 g/mol. The van der Waals surface area contributed by atoms with Gasteiger partial charge in [0.1, 0.15) is 4.21 Å². The third-order valence-corrected chi connectivity index (χ3v) is 7.07. The summed E-state index contributed by atoms with van der Waals surface area (Å²) in [6.45, 7) is 1.86. The Bertz CT molecular complexity index is 887. The van der Waals surface area contributed by atoms with Crippen molar-refractivity contribution in [1.82, 2.24) is 4.72 Å². The topological polar surface area (TPSA) is 66.4 Å². The summed E-state index contributed by atoms with van der Waals surface area (Å²) in [5.74, 6) is -0.156. The van der Waals surface area contributed by atoms with Gasteiger partial charge >= 0.3 is 0 Å².